The summed E-state index contributed by atoms with van der Waals surface area (Å²) in [5.74, 6) is 0.965. The Hall–Kier alpha value is -1.31. The maximum Gasteiger partial charge on any atom is 0.226 e. The molecular formula is C11H13NO. The van der Waals surface area contributed by atoms with Crippen molar-refractivity contribution in [3.05, 3.63) is 28.6 Å². The first kappa shape index (κ1) is 8.30. The summed E-state index contributed by atoms with van der Waals surface area (Å²) in [7, 11) is 0. The Kier molecular flexibility index (Phi) is 1.65. The quantitative estimate of drug-likeness (QED) is 0.615. The van der Waals surface area contributed by atoms with Crippen LogP contribution in [-0.2, 0) is 0 Å². The van der Waals surface area contributed by atoms with Gasteiger partial charge in [0.15, 0.2) is 0 Å². The number of nitrogens with zero attached hydrogens (tertiary/aromatic N) is 1. The number of pyridine rings is 1. The van der Waals surface area contributed by atoms with Crippen molar-refractivity contribution < 1.29 is 4.42 Å². The molecular weight excluding hydrogens is 162 g/mol. The predicted molar refractivity (Wildman–Crippen MR) is 53.0 cm³/mol. The first-order valence-corrected chi connectivity index (χ1v) is 4.43. The van der Waals surface area contributed by atoms with Crippen molar-refractivity contribution in [1.82, 2.24) is 4.98 Å². The van der Waals surface area contributed by atoms with Crippen molar-refractivity contribution in [2.45, 2.75) is 27.7 Å². The predicted octanol–water partition coefficient (Wildman–Crippen LogP) is 3.06. The minimum Gasteiger partial charge on any atom is -0.443 e. The summed E-state index contributed by atoms with van der Waals surface area (Å²) in [6, 6.07) is 2.14. The lowest BCUT2D eigenvalue weighted by Gasteiger charge is -1.97. The second kappa shape index (κ2) is 2.59. The molecule has 2 rings (SSSR count). The van der Waals surface area contributed by atoms with E-state index in [9.17, 15) is 0 Å². The van der Waals surface area contributed by atoms with Crippen molar-refractivity contribution in [2.75, 3.05) is 0 Å². The molecule has 0 saturated heterocycles. The molecule has 0 bridgehead atoms. The van der Waals surface area contributed by atoms with E-state index in [-0.39, 0.29) is 0 Å². The molecule has 0 aliphatic rings. The average molecular weight is 175 g/mol. The second-order valence-electron chi connectivity index (χ2n) is 3.53. The molecule has 2 heterocycles. The summed E-state index contributed by atoms with van der Waals surface area (Å²) in [4.78, 5) is 4.39. The van der Waals surface area contributed by atoms with Gasteiger partial charge in [0.2, 0.25) is 5.71 Å². The molecule has 68 valence electrons. The Balaban J connectivity index is 2.89. The third-order valence-electron chi connectivity index (χ3n) is 2.61. The molecule has 0 spiro atoms. The van der Waals surface area contributed by atoms with Crippen LogP contribution in [-0.4, -0.2) is 4.98 Å². The van der Waals surface area contributed by atoms with Gasteiger partial charge in [-0.2, -0.15) is 0 Å². The lowest BCUT2D eigenvalue weighted by molar-refractivity contribution is 0.563. The van der Waals surface area contributed by atoms with E-state index in [2.05, 4.69) is 24.9 Å². The van der Waals surface area contributed by atoms with Crippen LogP contribution in [0.3, 0.4) is 0 Å². The zero-order valence-corrected chi connectivity index (χ0v) is 8.43. The standard InChI is InChI=1S/C11H13NO/c1-6-5-10-7(2)9(4)13-11(10)12-8(6)3/h5H,1-4H3. The van der Waals surface area contributed by atoms with E-state index in [1.807, 2.05) is 13.8 Å². The van der Waals surface area contributed by atoms with Crippen LogP contribution in [0.15, 0.2) is 10.5 Å². The van der Waals surface area contributed by atoms with Gasteiger partial charge in [-0.3, -0.25) is 0 Å². The fraction of sp³-hybridized carbons (Fsp3) is 0.364. The SMILES string of the molecule is Cc1cc2c(C)c(C)oc2nc1C. The van der Waals surface area contributed by atoms with Crippen molar-refractivity contribution >= 4 is 11.1 Å². The maximum absolute atomic E-state index is 5.52. The van der Waals surface area contributed by atoms with Crippen LogP contribution in [0.5, 0.6) is 0 Å². The number of rotatable bonds is 0. The van der Waals surface area contributed by atoms with Gasteiger partial charge in [0, 0.05) is 11.1 Å². The van der Waals surface area contributed by atoms with E-state index in [0.29, 0.717) is 0 Å². The number of furan rings is 1. The number of aromatic nitrogens is 1. The van der Waals surface area contributed by atoms with Gasteiger partial charge >= 0.3 is 0 Å². The van der Waals surface area contributed by atoms with E-state index in [0.717, 1.165) is 22.6 Å². The van der Waals surface area contributed by atoms with Crippen molar-refractivity contribution in [2.24, 2.45) is 0 Å². The summed E-state index contributed by atoms with van der Waals surface area (Å²) in [6.07, 6.45) is 0. The molecule has 0 saturated carbocycles. The first-order valence-electron chi connectivity index (χ1n) is 4.43. The van der Waals surface area contributed by atoms with E-state index in [1.165, 1.54) is 11.1 Å². The molecule has 0 fully saturated rings. The minimum absolute atomic E-state index is 0.762. The van der Waals surface area contributed by atoms with Gasteiger partial charge in [0.1, 0.15) is 5.76 Å². The fourth-order valence-electron chi connectivity index (χ4n) is 1.44. The van der Waals surface area contributed by atoms with Crippen LogP contribution < -0.4 is 0 Å². The van der Waals surface area contributed by atoms with Gasteiger partial charge in [-0.15, -0.1) is 0 Å². The molecule has 0 atom stereocenters. The normalized spacial score (nSPS) is 11.1. The van der Waals surface area contributed by atoms with Crippen molar-refractivity contribution in [3.63, 3.8) is 0 Å². The molecule has 0 radical (unpaired) electrons. The van der Waals surface area contributed by atoms with Gasteiger partial charge in [0.05, 0.1) is 0 Å². The Labute approximate surface area is 77.6 Å². The topological polar surface area (TPSA) is 26.0 Å². The van der Waals surface area contributed by atoms with Gasteiger partial charge in [-0.05, 0) is 44.9 Å². The molecule has 2 aromatic heterocycles. The number of aryl methyl sites for hydroxylation is 4. The molecule has 0 amide bonds. The highest BCUT2D eigenvalue weighted by Crippen LogP contribution is 2.24. The largest absolute Gasteiger partial charge is 0.443 e. The summed E-state index contributed by atoms with van der Waals surface area (Å²) in [5, 5.41) is 1.14. The van der Waals surface area contributed by atoms with E-state index >= 15 is 0 Å². The Morgan fingerprint density at radius 1 is 1.15 bits per heavy atom. The average Bonchev–Trinajstić information content (AvgIpc) is 2.32. The van der Waals surface area contributed by atoms with Crippen LogP contribution >= 0.6 is 0 Å². The first-order chi connectivity index (χ1) is 6.09. The number of fused-ring (bicyclic) bond motifs is 1. The van der Waals surface area contributed by atoms with E-state index in [1.54, 1.807) is 0 Å². The highest BCUT2D eigenvalue weighted by molar-refractivity contribution is 5.79. The summed E-state index contributed by atoms with van der Waals surface area (Å²) >= 11 is 0. The number of hydrogen-bond donors (Lipinski definition) is 0. The van der Waals surface area contributed by atoms with E-state index in [4.69, 9.17) is 4.42 Å². The molecule has 0 N–H and O–H groups in total. The van der Waals surface area contributed by atoms with Gasteiger partial charge < -0.3 is 4.42 Å². The van der Waals surface area contributed by atoms with Crippen LogP contribution in [0, 0.1) is 27.7 Å². The molecule has 2 heteroatoms. The van der Waals surface area contributed by atoms with Crippen molar-refractivity contribution in [3.8, 4) is 0 Å². The molecule has 0 aliphatic carbocycles. The van der Waals surface area contributed by atoms with Crippen LogP contribution in [0.2, 0.25) is 0 Å². The lowest BCUT2D eigenvalue weighted by Crippen LogP contribution is -1.85. The summed E-state index contributed by atoms with van der Waals surface area (Å²) < 4.78 is 5.52. The molecule has 2 aromatic rings. The highest BCUT2D eigenvalue weighted by Gasteiger charge is 2.08. The number of hydrogen-bond acceptors (Lipinski definition) is 2. The van der Waals surface area contributed by atoms with Crippen LogP contribution in [0.4, 0.5) is 0 Å². The van der Waals surface area contributed by atoms with E-state index < -0.39 is 0 Å². The second-order valence-corrected chi connectivity index (χ2v) is 3.53. The molecule has 13 heavy (non-hydrogen) atoms. The van der Waals surface area contributed by atoms with Crippen LogP contribution in [0.1, 0.15) is 22.6 Å². The molecule has 0 aromatic carbocycles. The Morgan fingerprint density at radius 2 is 1.85 bits per heavy atom. The van der Waals surface area contributed by atoms with Gasteiger partial charge in [-0.25, -0.2) is 4.98 Å². The molecule has 2 nitrogen and oxygen atoms in total. The summed E-state index contributed by atoms with van der Waals surface area (Å²) in [5.41, 5.74) is 4.22. The lowest BCUT2D eigenvalue weighted by atomic mass is 10.1. The Bertz CT molecular complexity index is 468. The van der Waals surface area contributed by atoms with Crippen molar-refractivity contribution in [1.29, 1.82) is 0 Å². The molecule has 0 aliphatic heterocycles. The monoisotopic (exact) mass is 175 g/mol. The Morgan fingerprint density at radius 3 is 2.54 bits per heavy atom. The smallest absolute Gasteiger partial charge is 0.226 e. The molecule has 0 unspecified atom stereocenters. The third-order valence-corrected chi connectivity index (χ3v) is 2.61. The zero-order chi connectivity index (χ0) is 9.59. The minimum atomic E-state index is 0.762. The van der Waals surface area contributed by atoms with Gasteiger partial charge in [0.25, 0.3) is 0 Å². The maximum atomic E-state index is 5.52. The van der Waals surface area contributed by atoms with Gasteiger partial charge in [-0.1, -0.05) is 0 Å². The fourth-order valence-corrected chi connectivity index (χ4v) is 1.44. The third kappa shape index (κ3) is 1.13. The highest BCUT2D eigenvalue weighted by atomic mass is 16.3. The summed E-state index contributed by atoms with van der Waals surface area (Å²) in [6.45, 7) is 8.12. The zero-order valence-electron chi connectivity index (χ0n) is 8.43. The van der Waals surface area contributed by atoms with Crippen LogP contribution in [0.25, 0.3) is 11.1 Å².